The third kappa shape index (κ3) is 6.34. The highest BCUT2D eigenvalue weighted by Crippen LogP contribution is 2.29. The topological polar surface area (TPSA) is 116 Å². The van der Waals surface area contributed by atoms with E-state index in [1.54, 1.807) is 12.0 Å². The number of anilines is 4. The van der Waals surface area contributed by atoms with Crippen LogP contribution in [0.25, 0.3) is 0 Å². The molecule has 1 amide bonds. The van der Waals surface area contributed by atoms with E-state index in [0.29, 0.717) is 45.2 Å². The number of methoxy groups -OCH3 is 1. The van der Waals surface area contributed by atoms with Crippen LogP contribution in [-0.2, 0) is 9.47 Å². The van der Waals surface area contributed by atoms with E-state index in [1.165, 1.54) is 6.21 Å². The fourth-order valence-corrected chi connectivity index (χ4v) is 4.11. The van der Waals surface area contributed by atoms with Gasteiger partial charge in [-0.15, -0.1) is 0 Å². The quantitative estimate of drug-likeness (QED) is 0.581. The molecular formula is C25H35N7O4. The monoisotopic (exact) mass is 497 g/mol. The van der Waals surface area contributed by atoms with Gasteiger partial charge in [0, 0.05) is 62.8 Å². The van der Waals surface area contributed by atoms with Gasteiger partial charge in [-0.1, -0.05) is 0 Å². The molecule has 0 bridgehead atoms. The first-order valence-electron chi connectivity index (χ1n) is 12.2. The first kappa shape index (κ1) is 25.5. The number of nitrogens with zero attached hydrogens (tertiary/aromatic N) is 5. The Bertz CT molecular complexity index is 1070. The van der Waals surface area contributed by atoms with Gasteiger partial charge in [0.2, 0.25) is 0 Å². The molecule has 0 unspecified atom stereocenters. The highest BCUT2D eigenvalue weighted by molar-refractivity contribution is 5.89. The van der Waals surface area contributed by atoms with Crippen molar-refractivity contribution in [2.24, 2.45) is 0 Å². The average molecular weight is 498 g/mol. The lowest BCUT2D eigenvalue weighted by Gasteiger charge is -2.37. The summed E-state index contributed by atoms with van der Waals surface area (Å²) in [5.41, 5.74) is 1.98. The third-order valence-corrected chi connectivity index (χ3v) is 5.96. The molecule has 0 spiro atoms. The summed E-state index contributed by atoms with van der Waals surface area (Å²) in [7, 11) is 1.54. The molecule has 2 N–H and O–H groups in total. The molecule has 11 heteroatoms. The first-order valence-corrected chi connectivity index (χ1v) is 12.2. The second-order valence-electron chi connectivity index (χ2n) is 9.69. The van der Waals surface area contributed by atoms with Gasteiger partial charge in [-0.25, -0.2) is 4.79 Å². The highest BCUT2D eigenvalue weighted by Gasteiger charge is 2.26. The Morgan fingerprint density at radius 3 is 2.42 bits per heavy atom. The number of carbonyl (C=O) groups is 1. The summed E-state index contributed by atoms with van der Waals surface area (Å²) >= 11 is 0. The molecule has 0 aliphatic carbocycles. The zero-order valence-corrected chi connectivity index (χ0v) is 21.4. The smallest absolute Gasteiger partial charge is 0.410 e. The molecule has 11 nitrogen and oxygen atoms in total. The molecule has 3 heterocycles. The Kier molecular flexibility index (Phi) is 7.78. The van der Waals surface area contributed by atoms with Crippen molar-refractivity contribution in [3.8, 4) is 6.01 Å². The van der Waals surface area contributed by atoms with Crippen molar-refractivity contribution in [2.45, 2.75) is 26.4 Å². The Morgan fingerprint density at radius 1 is 1.06 bits per heavy atom. The van der Waals surface area contributed by atoms with Crippen molar-refractivity contribution in [1.82, 2.24) is 14.9 Å². The number of carbonyl (C=O) groups excluding carboxylic acids is 1. The fraction of sp³-hybridized carbons (Fsp3) is 0.520. The van der Waals surface area contributed by atoms with Crippen molar-refractivity contribution < 1.29 is 19.0 Å². The Hall–Kier alpha value is -3.60. The lowest BCUT2D eigenvalue weighted by atomic mass is 10.1. The molecule has 194 valence electrons. The van der Waals surface area contributed by atoms with Gasteiger partial charge in [-0.2, -0.15) is 9.97 Å². The zero-order valence-electron chi connectivity index (χ0n) is 21.4. The summed E-state index contributed by atoms with van der Waals surface area (Å²) in [6.07, 6.45) is 1.03. The lowest BCUT2D eigenvalue weighted by molar-refractivity contribution is 0.0240. The van der Waals surface area contributed by atoms with Crippen LogP contribution in [0.4, 0.5) is 27.8 Å². The van der Waals surface area contributed by atoms with Gasteiger partial charge < -0.3 is 39.6 Å². The van der Waals surface area contributed by atoms with Gasteiger partial charge in [0.05, 0.1) is 26.0 Å². The largest absolute Gasteiger partial charge is 0.467 e. The Labute approximate surface area is 211 Å². The third-order valence-electron chi connectivity index (χ3n) is 5.96. The minimum absolute atomic E-state index is 0.271. The van der Waals surface area contributed by atoms with E-state index in [9.17, 15) is 4.79 Å². The number of hydrogen-bond acceptors (Lipinski definition) is 10. The predicted octanol–water partition coefficient (Wildman–Crippen LogP) is 3.12. The number of aromatic nitrogens is 2. The molecule has 2 aliphatic heterocycles. The summed E-state index contributed by atoms with van der Waals surface area (Å²) in [4.78, 5) is 27.5. The summed E-state index contributed by atoms with van der Waals surface area (Å²) in [5, 5.41) is 11.2. The minimum Gasteiger partial charge on any atom is -0.467 e. The minimum atomic E-state index is -0.511. The van der Waals surface area contributed by atoms with Crippen molar-refractivity contribution >= 4 is 35.3 Å². The number of piperazine rings is 1. The number of benzene rings is 1. The standard InChI is InChI=1S/C25H35N7O4/c1-25(2,3)36-24(33)32-9-7-30(8-10-32)19-6-5-18(17-26)20(15-19)27-21-16-22(29-23(28-21)34-4)31-11-13-35-14-12-31/h5-6,15-17,26H,7-14H2,1-4H3,(H,27,28,29). The van der Waals surface area contributed by atoms with E-state index in [-0.39, 0.29) is 12.1 Å². The fourth-order valence-electron chi connectivity index (χ4n) is 4.11. The van der Waals surface area contributed by atoms with Crippen LogP contribution in [-0.4, -0.2) is 92.4 Å². The van der Waals surface area contributed by atoms with E-state index < -0.39 is 5.60 Å². The lowest BCUT2D eigenvalue weighted by Crippen LogP contribution is -2.50. The van der Waals surface area contributed by atoms with E-state index in [1.807, 2.05) is 45.0 Å². The highest BCUT2D eigenvalue weighted by atomic mass is 16.6. The molecule has 0 radical (unpaired) electrons. The van der Waals surface area contributed by atoms with Crippen LogP contribution in [0.3, 0.4) is 0 Å². The Morgan fingerprint density at radius 2 is 1.78 bits per heavy atom. The van der Waals surface area contributed by atoms with Crippen LogP contribution in [0, 0.1) is 5.41 Å². The van der Waals surface area contributed by atoms with Crippen LogP contribution in [0.2, 0.25) is 0 Å². The molecule has 36 heavy (non-hydrogen) atoms. The number of nitrogens with one attached hydrogen (secondary N) is 2. The van der Waals surface area contributed by atoms with Crippen LogP contribution in [0.1, 0.15) is 26.3 Å². The molecule has 2 fully saturated rings. The maximum atomic E-state index is 12.4. The second-order valence-corrected chi connectivity index (χ2v) is 9.69. The van der Waals surface area contributed by atoms with Gasteiger partial charge in [0.1, 0.15) is 17.2 Å². The van der Waals surface area contributed by atoms with Gasteiger partial charge in [0.25, 0.3) is 0 Å². The molecule has 4 rings (SSSR count). The summed E-state index contributed by atoms with van der Waals surface area (Å²) < 4.78 is 16.3. The van der Waals surface area contributed by atoms with E-state index in [0.717, 1.165) is 35.8 Å². The van der Waals surface area contributed by atoms with Crippen LogP contribution >= 0.6 is 0 Å². The summed E-state index contributed by atoms with van der Waals surface area (Å²) in [6, 6.07) is 8.06. The molecular weight excluding hydrogens is 462 g/mol. The molecule has 2 aliphatic rings. The van der Waals surface area contributed by atoms with E-state index in [2.05, 4.69) is 25.1 Å². The van der Waals surface area contributed by atoms with Gasteiger partial charge in [-0.05, 0) is 39.0 Å². The summed E-state index contributed by atoms with van der Waals surface area (Å²) in [5.74, 6) is 1.34. The maximum absolute atomic E-state index is 12.4. The van der Waals surface area contributed by atoms with Crippen molar-refractivity contribution in [3.05, 3.63) is 29.8 Å². The molecule has 2 aromatic rings. The van der Waals surface area contributed by atoms with Crippen LogP contribution in [0.15, 0.2) is 24.3 Å². The number of hydrogen-bond donors (Lipinski definition) is 2. The van der Waals surface area contributed by atoms with Crippen molar-refractivity contribution in [2.75, 3.05) is 74.7 Å². The molecule has 2 saturated heterocycles. The number of morpholine rings is 1. The number of rotatable bonds is 6. The van der Waals surface area contributed by atoms with Crippen LogP contribution in [0.5, 0.6) is 6.01 Å². The maximum Gasteiger partial charge on any atom is 0.410 e. The van der Waals surface area contributed by atoms with E-state index >= 15 is 0 Å². The average Bonchev–Trinajstić information content (AvgIpc) is 2.88. The second kappa shape index (κ2) is 11.0. The zero-order chi connectivity index (χ0) is 25.7. The SMILES string of the molecule is COc1nc(Nc2cc(N3CCN(C(=O)OC(C)(C)C)CC3)ccc2C=N)cc(N2CCOCC2)n1. The number of amides is 1. The number of ether oxygens (including phenoxy) is 3. The van der Waals surface area contributed by atoms with E-state index in [4.69, 9.17) is 19.6 Å². The first-order chi connectivity index (χ1) is 17.3. The molecule has 0 atom stereocenters. The van der Waals surface area contributed by atoms with Gasteiger partial charge in [0.15, 0.2) is 0 Å². The summed E-state index contributed by atoms with van der Waals surface area (Å²) in [6.45, 7) is 10.9. The van der Waals surface area contributed by atoms with Crippen molar-refractivity contribution in [3.63, 3.8) is 0 Å². The molecule has 1 aromatic carbocycles. The van der Waals surface area contributed by atoms with Gasteiger partial charge >= 0.3 is 12.1 Å². The van der Waals surface area contributed by atoms with Crippen molar-refractivity contribution in [1.29, 1.82) is 5.41 Å². The molecule has 1 aromatic heterocycles. The predicted molar refractivity (Wildman–Crippen MR) is 139 cm³/mol. The Balaban J connectivity index is 1.50. The molecule has 0 saturated carbocycles. The normalized spacial score (nSPS) is 16.5. The van der Waals surface area contributed by atoms with Gasteiger partial charge in [-0.3, -0.25) is 0 Å². The van der Waals surface area contributed by atoms with Crippen LogP contribution < -0.4 is 19.9 Å².